The molecule has 0 heterocycles. The van der Waals surface area contributed by atoms with Crippen LogP contribution in [0.2, 0.25) is 0 Å². The lowest BCUT2D eigenvalue weighted by atomic mass is 9.69. The first-order valence-electron chi connectivity index (χ1n) is 6.93. The second-order valence-electron chi connectivity index (χ2n) is 5.99. The average Bonchev–Trinajstić information content (AvgIpc) is 2.30. The van der Waals surface area contributed by atoms with Gasteiger partial charge in [0.1, 0.15) is 0 Å². The van der Waals surface area contributed by atoms with E-state index >= 15 is 0 Å². The third kappa shape index (κ3) is 5.15. The molecule has 0 unspecified atom stereocenters. The largest absolute Gasteiger partial charge is 0.352 e. The Kier molecular flexibility index (Phi) is 7.88. The molecule has 0 aliphatic heterocycles. The molecule has 0 spiro atoms. The first-order valence-corrected chi connectivity index (χ1v) is 6.93. The van der Waals surface area contributed by atoms with Gasteiger partial charge in [-0.1, -0.05) is 27.2 Å². The summed E-state index contributed by atoms with van der Waals surface area (Å²) in [7, 11) is 1.81. The lowest BCUT2D eigenvalue weighted by Gasteiger charge is -2.39. The van der Waals surface area contributed by atoms with E-state index in [-0.39, 0.29) is 18.3 Å². The van der Waals surface area contributed by atoms with E-state index in [0.717, 1.165) is 18.8 Å². The van der Waals surface area contributed by atoms with Gasteiger partial charge in [-0.2, -0.15) is 0 Å². The summed E-state index contributed by atoms with van der Waals surface area (Å²) >= 11 is 0. The number of hydrogen-bond donors (Lipinski definition) is 2. The lowest BCUT2D eigenvalue weighted by molar-refractivity contribution is -0.121. The van der Waals surface area contributed by atoms with Gasteiger partial charge in [0.15, 0.2) is 0 Å². The zero-order valence-electron chi connectivity index (χ0n) is 12.2. The normalized spacial score (nSPS) is 24.2. The Hall–Kier alpha value is -0.280. The zero-order chi connectivity index (χ0) is 12.9. The molecule has 0 radical (unpaired) electrons. The smallest absolute Gasteiger partial charge is 0.234 e. The predicted octanol–water partition coefficient (Wildman–Crippen LogP) is 2.74. The minimum atomic E-state index is 0. The number of likely N-dealkylation sites (N-methyl/N-ethyl adjacent to an activating group) is 1. The van der Waals surface area contributed by atoms with Crippen molar-refractivity contribution in [1.29, 1.82) is 0 Å². The van der Waals surface area contributed by atoms with E-state index in [1.165, 1.54) is 19.3 Å². The van der Waals surface area contributed by atoms with Crippen LogP contribution >= 0.6 is 12.4 Å². The maximum Gasteiger partial charge on any atom is 0.234 e. The molecule has 1 aliphatic rings. The molecule has 1 amide bonds. The third-order valence-electron chi connectivity index (χ3n) is 4.45. The zero-order valence-corrected chi connectivity index (χ0v) is 13.0. The third-order valence-corrected chi connectivity index (χ3v) is 4.45. The molecular formula is C14H29ClN2O. The molecule has 3 nitrogen and oxygen atoms in total. The van der Waals surface area contributed by atoms with Gasteiger partial charge in [0.05, 0.1) is 6.54 Å². The van der Waals surface area contributed by atoms with Crippen LogP contribution in [0.1, 0.15) is 52.9 Å². The van der Waals surface area contributed by atoms with Crippen molar-refractivity contribution in [2.24, 2.45) is 11.3 Å². The number of halogens is 1. The van der Waals surface area contributed by atoms with Crippen LogP contribution in [0.25, 0.3) is 0 Å². The summed E-state index contributed by atoms with van der Waals surface area (Å²) in [5.74, 6) is 0.954. The van der Waals surface area contributed by atoms with Crippen molar-refractivity contribution in [1.82, 2.24) is 10.6 Å². The van der Waals surface area contributed by atoms with Crippen LogP contribution in [0.3, 0.4) is 0 Å². The van der Waals surface area contributed by atoms with Gasteiger partial charge < -0.3 is 10.6 Å². The van der Waals surface area contributed by atoms with Crippen LogP contribution in [0.5, 0.6) is 0 Å². The fourth-order valence-electron chi connectivity index (χ4n) is 2.75. The molecule has 0 saturated heterocycles. The monoisotopic (exact) mass is 276 g/mol. The highest BCUT2D eigenvalue weighted by Crippen LogP contribution is 2.40. The Labute approximate surface area is 118 Å². The highest BCUT2D eigenvalue weighted by Gasteiger charge is 2.31. The number of nitrogens with one attached hydrogen (secondary N) is 2. The molecule has 1 rings (SSSR count). The SMILES string of the molecule is CCC(C)(C)C1CCC(NC(=O)CNC)CC1.Cl. The van der Waals surface area contributed by atoms with Crippen molar-refractivity contribution in [3.05, 3.63) is 0 Å². The van der Waals surface area contributed by atoms with Crippen molar-refractivity contribution in [2.45, 2.75) is 58.9 Å². The van der Waals surface area contributed by atoms with Gasteiger partial charge in [-0.25, -0.2) is 0 Å². The number of carbonyl (C=O) groups excluding carboxylic acids is 1. The Balaban J connectivity index is 0.00000289. The second-order valence-corrected chi connectivity index (χ2v) is 5.99. The molecular weight excluding hydrogens is 248 g/mol. The van der Waals surface area contributed by atoms with Crippen LogP contribution in [0.15, 0.2) is 0 Å². The van der Waals surface area contributed by atoms with Crippen molar-refractivity contribution in [3.8, 4) is 0 Å². The number of rotatable bonds is 5. The highest BCUT2D eigenvalue weighted by atomic mass is 35.5. The van der Waals surface area contributed by atoms with Gasteiger partial charge in [-0.15, -0.1) is 12.4 Å². The van der Waals surface area contributed by atoms with Crippen molar-refractivity contribution < 1.29 is 4.79 Å². The van der Waals surface area contributed by atoms with Crippen LogP contribution < -0.4 is 10.6 Å². The van der Waals surface area contributed by atoms with E-state index in [1.807, 2.05) is 0 Å². The summed E-state index contributed by atoms with van der Waals surface area (Å²) < 4.78 is 0. The maximum atomic E-state index is 11.5. The molecule has 0 bridgehead atoms. The number of hydrogen-bond acceptors (Lipinski definition) is 2. The van der Waals surface area contributed by atoms with Crippen LogP contribution in [-0.4, -0.2) is 25.5 Å². The number of amides is 1. The standard InChI is InChI=1S/C14H28N2O.ClH/c1-5-14(2,3)11-6-8-12(9-7-11)16-13(17)10-15-4;/h11-12,15H,5-10H2,1-4H3,(H,16,17);1H. The van der Waals surface area contributed by atoms with Gasteiger partial charge in [0.25, 0.3) is 0 Å². The quantitative estimate of drug-likeness (QED) is 0.811. The topological polar surface area (TPSA) is 41.1 Å². The molecule has 2 N–H and O–H groups in total. The summed E-state index contributed by atoms with van der Waals surface area (Å²) in [5, 5.41) is 6.00. The van der Waals surface area contributed by atoms with Gasteiger partial charge >= 0.3 is 0 Å². The van der Waals surface area contributed by atoms with Crippen LogP contribution in [0, 0.1) is 11.3 Å². The first-order chi connectivity index (χ1) is 7.99. The molecule has 1 fully saturated rings. The van der Waals surface area contributed by atoms with Gasteiger partial charge in [0.2, 0.25) is 5.91 Å². The van der Waals surface area contributed by atoms with E-state index in [2.05, 4.69) is 31.4 Å². The van der Waals surface area contributed by atoms with Crippen LogP contribution in [0.4, 0.5) is 0 Å². The molecule has 108 valence electrons. The molecule has 1 aliphatic carbocycles. The Morgan fingerprint density at radius 1 is 1.22 bits per heavy atom. The van der Waals surface area contributed by atoms with Crippen molar-refractivity contribution in [2.75, 3.05) is 13.6 Å². The Bertz CT molecular complexity index is 248. The van der Waals surface area contributed by atoms with E-state index in [0.29, 0.717) is 18.0 Å². The first kappa shape index (κ1) is 17.7. The Morgan fingerprint density at radius 2 is 1.78 bits per heavy atom. The van der Waals surface area contributed by atoms with E-state index in [9.17, 15) is 4.79 Å². The van der Waals surface area contributed by atoms with Crippen molar-refractivity contribution in [3.63, 3.8) is 0 Å². The second kappa shape index (κ2) is 8.00. The minimum Gasteiger partial charge on any atom is -0.352 e. The molecule has 18 heavy (non-hydrogen) atoms. The maximum absolute atomic E-state index is 11.5. The summed E-state index contributed by atoms with van der Waals surface area (Å²) in [4.78, 5) is 11.5. The molecule has 0 atom stereocenters. The van der Waals surface area contributed by atoms with Crippen molar-refractivity contribution >= 4 is 18.3 Å². The van der Waals surface area contributed by atoms with E-state index in [4.69, 9.17) is 0 Å². The summed E-state index contributed by atoms with van der Waals surface area (Å²) in [6.45, 7) is 7.45. The Morgan fingerprint density at radius 3 is 2.22 bits per heavy atom. The molecule has 4 heteroatoms. The summed E-state index contributed by atoms with van der Waals surface area (Å²) in [5.41, 5.74) is 0.458. The lowest BCUT2D eigenvalue weighted by Crippen LogP contribution is -2.42. The molecule has 1 saturated carbocycles. The molecule has 0 aromatic carbocycles. The number of carbonyl (C=O) groups is 1. The minimum absolute atomic E-state index is 0. The average molecular weight is 277 g/mol. The molecule has 0 aromatic heterocycles. The summed E-state index contributed by atoms with van der Waals surface area (Å²) in [6.07, 6.45) is 6.04. The van der Waals surface area contributed by atoms with Crippen LogP contribution in [-0.2, 0) is 4.79 Å². The van der Waals surface area contributed by atoms with Gasteiger partial charge in [-0.3, -0.25) is 4.79 Å². The van der Waals surface area contributed by atoms with E-state index < -0.39 is 0 Å². The van der Waals surface area contributed by atoms with Gasteiger partial charge in [-0.05, 0) is 44.1 Å². The highest BCUT2D eigenvalue weighted by molar-refractivity contribution is 5.85. The summed E-state index contributed by atoms with van der Waals surface area (Å²) in [6, 6.07) is 0.403. The van der Waals surface area contributed by atoms with Gasteiger partial charge in [0, 0.05) is 6.04 Å². The van der Waals surface area contributed by atoms with E-state index in [1.54, 1.807) is 7.05 Å². The predicted molar refractivity (Wildman–Crippen MR) is 79.1 cm³/mol. The fourth-order valence-corrected chi connectivity index (χ4v) is 2.75. The fraction of sp³-hybridized carbons (Fsp3) is 0.929. The molecule has 0 aromatic rings.